The van der Waals surface area contributed by atoms with Gasteiger partial charge in [-0.25, -0.2) is 19.6 Å². The Morgan fingerprint density at radius 3 is 1.88 bits per heavy atom. The maximum atomic E-state index is 13.7. The first-order valence-electron chi connectivity index (χ1n) is 19.4. The molecule has 0 bridgehead atoms. The molecule has 2 aliphatic heterocycles. The lowest BCUT2D eigenvalue weighted by Gasteiger charge is -2.32. The summed E-state index contributed by atoms with van der Waals surface area (Å²) in [4.78, 5) is 72.1. The van der Waals surface area contributed by atoms with Crippen molar-refractivity contribution in [3.8, 4) is 33.6 Å². The van der Waals surface area contributed by atoms with E-state index in [-0.39, 0.29) is 35.9 Å². The lowest BCUT2D eigenvalue weighted by Crippen LogP contribution is -2.49. The average Bonchev–Trinajstić information content (AvgIpc) is 4.08. The Morgan fingerprint density at radius 1 is 0.804 bits per heavy atom. The van der Waals surface area contributed by atoms with Crippen molar-refractivity contribution in [1.82, 2.24) is 40.0 Å². The fraction of sp³-hybridized carbons (Fsp3) is 0.463. The Morgan fingerprint density at radius 2 is 1.34 bits per heavy atom. The van der Waals surface area contributed by atoms with Gasteiger partial charge in [0.1, 0.15) is 17.7 Å². The van der Waals surface area contributed by atoms with Gasteiger partial charge >= 0.3 is 12.2 Å². The van der Waals surface area contributed by atoms with Crippen LogP contribution in [0.5, 0.6) is 0 Å². The van der Waals surface area contributed by atoms with Crippen LogP contribution < -0.4 is 5.32 Å². The smallest absolute Gasteiger partial charge is 0.407 e. The van der Waals surface area contributed by atoms with Gasteiger partial charge in [-0.05, 0) is 60.8 Å². The van der Waals surface area contributed by atoms with Crippen molar-refractivity contribution in [2.45, 2.75) is 75.5 Å². The number of aromatic amines is 2. The van der Waals surface area contributed by atoms with E-state index in [2.05, 4.69) is 56.7 Å². The number of rotatable bonds is 12. The predicted molar refractivity (Wildman–Crippen MR) is 207 cm³/mol. The number of ether oxygens (including phenoxy) is 2. The van der Waals surface area contributed by atoms with E-state index in [0.717, 1.165) is 71.6 Å². The molecule has 56 heavy (non-hydrogen) atoms. The van der Waals surface area contributed by atoms with Gasteiger partial charge in [-0.1, -0.05) is 55.0 Å². The lowest BCUT2D eigenvalue weighted by atomic mass is 10.00. The van der Waals surface area contributed by atoms with Gasteiger partial charge in [-0.2, -0.15) is 0 Å². The molecule has 5 atom stereocenters. The van der Waals surface area contributed by atoms with E-state index in [1.807, 2.05) is 23.2 Å². The summed E-state index contributed by atoms with van der Waals surface area (Å²) in [5, 5.41) is 12.2. The number of carbonyl (C=O) groups is 4. The molecule has 4 amide bonds. The summed E-state index contributed by atoms with van der Waals surface area (Å²) in [7, 11) is 4.38. The minimum absolute atomic E-state index is 0.0234. The molecule has 2 saturated heterocycles. The van der Waals surface area contributed by atoms with Crippen LogP contribution in [0.2, 0.25) is 0 Å². The van der Waals surface area contributed by atoms with Gasteiger partial charge in [0.2, 0.25) is 11.8 Å². The summed E-state index contributed by atoms with van der Waals surface area (Å²) in [6, 6.07) is 15.0. The van der Waals surface area contributed by atoms with Crippen molar-refractivity contribution < 1.29 is 33.8 Å². The van der Waals surface area contributed by atoms with Gasteiger partial charge in [0.15, 0.2) is 0 Å². The Bertz CT molecular complexity index is 2010. The van der Waals surface area contributed by atoms with Crippen LogP contribution in [0.25, 0.3) is 33.6 Å². The standard InChI is InChI=1S/C41H50N8O7/c1-47(41(53)54)33-8-4-7-29(33)38(50)48-20-5-9-34(48)36-42-23-31(44-36)27-15-11-25(12-16-27)26-13-17-28(18-14-26)32-24-43-37(45-32)35-10-6-21-49(35)39(51)30(19-22-55-2)46-40(52)56-3/h11-18,23-24,29-30,33-35H,4-10,19-22H2,1-3H3,(H,42,44)(H,43,45)(H,46,52)(H,53,54)/t29-,30-,33-,34-,35-/m0/s1. The summed E-state index contributed by atoms with van der Waals surface area (Å²) in [5.41, 5.74) is 5.77. The van der Waals surface area contributed by atoms with Crippen molar-refractivity contribution in [1.29, 1.82) is 0 Å². The van der Waals surface area contributed by atoms with Crippen LogP contribution in [-0.2, 0) is 19.1 Å². The fourth-order valence-electron chi connectivity index (χ4n) is 8.56. The van der Waals surface area contributed by atoms with E-state index in [9.17, 15) is 24.3 Å². The second-order valence-electron chi connectivity index (χ2n) is 14.9. The number of alkyl carbamates (subject to hydrolysis) is 1. The molecule has 15 heteroatoms. The quantitative estimate of drug-likeness (QED) is 0.134. The number of benzene rings is 2. The van der Waals surface area contributed by atoms with Gasteiger partial charge in [-0.15, -0.1) is 0 Å². The van der Waals surface area contributed by atoms with Gasteiger partial charge in [-0.3, -0.25) is 9.59 Å². The van der Waals surface area contributed by atoms with Crippen LogP contribution >= 0.6 is 0 Å². The first-order chi connectivity index (χ1) is 27.2. The zero-order valence-corrected chi connectivity index (χ0v) is 32.1. The number of carbonyl (C=O) groups excluding carboxylic acids is 3. The molecule has 3 aliphatic rings. The molecule has 15 nitrogen and oxygen atoms in total. The molecule has 2 aromatic carbocycles. The maximum Gasteiger partial charge on any atom is 0.407 e. The van der Waals surface area contributed by atoms with Gasteiger partial charge in [0.05, 0.1) is 48.9 Å². The van der Waals surface area contributed by atoms with Gasteiger partial charge < -0.3 is 44.6 Å². The summed E-state index contributed by atoms with van der Waals surface area (Å²) >= 11 is 0. The van der Waals surface area contributed by atoms with Crippen LogP contribution in [0.4, 0.5) is 9.59 Å². The summed E-state index contributed by atoms with van der Waals surface area (Å²) in [6.07, 6.45) is 7.79. The zero-order valence-electron chi connectivity index (χ0n) is 32.1. The third kappa shape index (κ3) is 7.99. The third-order valence-electron chi connectivity index (χ3n) is 11.6. The number of H-pyrrole nitrogens is 2. The number of nitrogens with zero attached hydrogens (tertiary/aromatic N) is 5. The van der Waals surface area contributed by atoms with Crippen molar-refractivity contribution in [2.24, 2.45) is 5.92 Å². The van der Waals surface area contributed by atoms with Crippen LogP contribution in [0, 0.1) is 5.92 Å². The van der Waals surface area contributed by atoms with Gasteiger partial charge in [0.25, 0.3) is 0 Å². The Balaban J connectivity index is 0.990. The molecule has 3 fully saturated rings. The number of imidazole rings is 2. The van der Waals surface area contributed by atoms with Crippen LogP contribution in [0.3, 0.4) is 0 Å². The number of aromatic nitrogens is 4. The number of nitrogens with one attached hydrogen (secondary N) is 3. The first kappa shape index (κ1) is 38.6. The minimum atomic E-state index is -1.00. The summed E-state index contributed by atoms with van der Waals surface area (Å²) in [5.74, 6) is 0.964. The van der Waals surface area contributed by atoms with Crippen molar-refractivity contribution >= 4 is 24.0 Å². The minimum Gasteiger partial charge on any atom is -0.465 e. The predicted octanol–water partition coefficient (Wildman–Crippen LogP) is 6.00. The number of hydrogen-bond acceptors (Lipinski definition) is 8. The molecule has 2 aromatic heterocycles. The van der Waals surface area contributed by atoms with E-state index >= 15 is 0 Å². The number of likely N-dealkylation sites (tertiary alicyclic amines) is 2. The number of carboxylic acid groups (broad SMARTS) is 1. The molecule has 4 heterocycles. The summed E-state index contributed by atoms with van der Waals surface area (Å²) < 4.78 is 9.91. The highest BCUT2D eigenvalue weighted by molar-refractivity contribution is 5.86. The first-order valence-corrected chi connectivity index (χ1v) is 19.4. The van der Waals surface area contributed by atoms with E-state index in [0.29, 0.717) is 44.8 Å². The third-order valence-corrected chi connectivity index (χ3v) is 11.6. The monoisotopic (exact) mass is 766 g/mol. The lowest BCUT2D eigenvalue weighted by molar-refractivity contribution is -0.138. The molecule has 0 spiro atoms. The van der Waals surface area contributed by atoms with Crippen LogP contribution in [0.15, 0.2) is 60.9 Å². The van der Waals surface area contributed by atoms with Gasteiger partial charge in [0, 0.05) is 46.3 Å². The molecule has 4 aromatic rings. The van der Waals surface area contributed by atoms with Crippen molar-refractivity contribution in [3.05, 3.63) is 72.6 Å². The highest BCUT2D eigenvalue weighted by atomic mass is 16.5. The molecule has 0 unspecified atom stereocenters. The maximum absolute atomic E-state index is 13.7. The molecule has 1 saturated carbocycles. The number of amides is 4. The van der Waals surface area contributed by atoms with Crippen molar-refractivity contribution in [3.63, 3.8) is 0 Å². The van der Waals surface area contributed by atoms with Crippen LogP contribution in [0.1, 0.15) is 75.1 Å². The largest absolute Gasteiger partial charge is 0.465 e. The van der Waals surface area contributed by atoms with E-state index < -0.39 is 18.2 Å². The Hall–Kier alpha value is -5.70. The van der Waals surface area contributed by atoms with Crippen LogP contribution in [-0.4, -0.2) is 117 Å². The molecular weight excluding hydrogens is 716 g/mol. The second-order valence-corrected chi connectivity index (χ2v) is 14.9. The zero-order chi connectivity index (χ0) is 39.3. The summed E-state index contributed by atoms with van der Waals surface area (Å²) in [6.45, 7) is 1.53. The number of hydrogen-bond donors (Lipinski definition) is 4. The molecule has 4 N–H and O–H groups in total. The highest BCUT2D eigenvalue weighted by Gasteiger charge is 2.43. The van der Waals surface area contributed by atoms with E-state index in [1.165, 1.54) is 12.0 Å². The normalized spacial score (nSPS) is 21.3. The molecule has 7 rings (SSSR count). The SMILES string of the molecule is COCC[C@H](NC(=O)OC)C(=O)N1CCC[C@H]1c1ncc(-c2ccc(-c3ccc(-c4cnc([C@@H]5CCCN5C(=O)[C@H]5CCC[C@@H]5N(C)C(=O)O)[nH]4)cc3)cc2)[nH]1. The highest BCUT2D eigenvalue weighted by Crippen LogP contribution is 2.38. The molecule has 296 valence electrons. The molecule has 1 aliphatic carbocycles. The topological polar surface area (TPSA) is 186 Å². The number of methoxy groups -OCH3 is 2. The Kier molecular flexibility index (Phi) is 11.7. The molecular formula is C41H50N8O7. The van der Waals surface area contributed by atoms with Crippen molar-refractivity contribution in [2.75, 3.05) is 41.0 Å². The van der Waals surface area contributed by atoms with E-state index in [4.69, 9.17) is 14.5 Å². The van der Waals surface area contributed by atoms with E-state index in [1.54, 1.807) is 25.3 Å². The second kappa shape index (κ2) is 17.0. The molecule has 0 radical (unpaired) electrons. The fourth-order valence-corrected chi connectivity index (χ4v) is 8.56. The average molecular weight is 767 g/mol. The Labute approximate surface area is 325 Å².